The molecule has 0 spiro atoms. The van der Waals surface area contributed by atoms with Crippen LogP contribution in [0.2, 0.25) is 0 Å². The van der Waals surface area contributed by atoms with Crippen LogP contribution in [0.1, 0.15) is 24.0 Å². The Bertz CT molecular complexity index is 1310. The van der Waals surface area contributed by atoms with Crippen LogP contribution >= 0.6 is 11.3 Å². The zero-order valence-electron chi connectivity index (χ0n) is 16.7. The molecule has 2 aromatic carbocycles. The number of aromatic nitrogens is 1. The third-order valence-corrected chi connectivity index (χ3v) is 6.30. The van der Waals surface area contributed by atoms with E-state index in [1.807, 2.05) is 61.5 Å². The van der Waals surface area contributed by atoms with Gasteiger partial charge < -0.3 is 4.90 Å². The first-order chi connectivity index (χ1) is 14.6. The molecule has 6 heteroatoms. The lowest BCUT2D eigenvalue weighted by atomic mass is 10.2. The monoisotopic (exact) mass is 415 g/mol. The number of para-hydroxylation sites is 1. The maximum atomic E-state index is 13.4. The highest BCUT2D eigenvalue weighted by atomic mass is 32.1. The summed E-state index contributed by atoms with van der Waals surface area (Å²) in [6.07, 6.45) is 3.68. The molecule has 0 saturated carbocycles. The molecule has 1 aliphatic heterocycles. The standard InChI is InChI=1S/C24H21N3O2S/c1-17-9-5-6-12-20(17)27-23(29)21(15-18-10-3-2-4-11-18)30-24(27)19(16-25)22(28)26-13-7-8-14-26/h2-6,9-12,15H,7-8,13-14H2,1H3/b21-15+,24-19-. The number of aryl methyl sites for hydroxylation is 1. The Kier molecular flexibility index (Phi) is 5.64. The summed E-state index contributed by atoms with van der Waals surface area (Å²) in [5.41, 5.74) is 2.27. The van der Waals surface area contributed by atoms with Gasteiger partial charge in [0, 0.05) is 13.1 Å². The molecular weight excluding hydrogens is 394 g/mol. The number of thiazole rings is 1. The largest absolute Gasteiger partial charge is 0.338 e. The van der Waals surface area contributed by atoms with Gasteiger partial charge in [0.25, 0.3) is 11.5 Å². The van der Waals surface area contributed by atoms with Gasteiger partial charge in [-0.05, 0) is 43.0 Å². The number of carbonyl (C=O) groups is 1. The average molecular weight is 416 g/mol. The number of likely N-dealkylation sites (tertiary alicyclic amines) is 1. The molecule has 0 N–H and O–H groups in total. The van der Waals surface area contributed by atoms with E-state index in [1.54, 1.807) is 11.0 Å². The molecule has 0 radical (unpaired) electrons. The van der Waals surface area contributed by atoms with Gasteiger partial charge >= 0.3 is 0 Å². The fraction of sp³-hybridized carbons (Fsp3) is 0.208. The maximum Gasteiger partial charge on any atom is 0.273 e. The third-order valence-electron chi connectivity index (χ3n) is 5.21. The van der Waals surface area contributed by atoms with Gasteiger partial charge in [-0.25, -0.2) is 0 Å². The van der Waals surface area contributed by atoms with E-state index in [-0.39, 0.29) is 17.0 Å². The summed E-state index contributed by atoms with van der Waals surface area (Å²) >= 11 is 1.19. The van der Waals surface area contributed by atoms with E-state index < -0.39 is 0 Å². The Labute approximate surface area is 178 Å². The van der Waals surface area contributed by atoms with Crippen molar-refractivity contribution in [3.63, 3.8) is 0 Å². The fourth-order valence-electron chi connectivity index (χ4n) is 3.65. The van der Waals surface area contributed by atoms with E-state index in [1.165, 1.54) is 15.9 Å². The number of carbonyl (C=O) groups excluding carboxylic acids is 1. The summed E-state index contributed by atoms with van der Waals surface area (Å²) in [5, 5.41) is 9.89. The van der Waals surface area contributed by atoms with Gasteiger partial charge in [-0.1, -0.05) is 48.5 Å². The third kappa shape index (κ3) is 3.72. The number of hydrogen-bond acceptors (Lipinski definition) is 4. The van der Waals surface area contributed by atoms with Crippen molar-refractivity contribution >= 4 is 28.9 Å². The van der Waals surface area contributed by atoms with Crippen LogP contribution < -0.4 is 14.8 Å². The molecule has 1 fully saturated rings. The SMILES string of the molecule is Cc1ccccc1-n1c(=O)/c(=C\c2ccccc2)s/c1=C(/C#N)C(=O)N1CCCC1. The molecule has 1 aliphatic rings. The minimum atomic E-state index is -0.301. The summed E-state index contributed by atoms with van der Waals surface area (Å²) in [5.74, 6) is -0.301. The second-order valence-electron chi connectivity index (χ2n) is 7.24. The molecule has 1 saturated heterocycles. The van der Waals surface area contributed by atoms with E-state index >= 15 is 0 Å². The topological polar surface area (TPSA) is 66.1 Å². The predicted octanol–water partition coefficient (Wildman–Crippen LogP) is 2.33. The maximum absolute atomic E-state index is 13.4. The zero-order valence-corrected chi connectivity index (χ0v) is 17.5. The highest BCUT2D eigenvalue weighted by molar-refractivity contribution is 7.07. The van der Waals surface area contributed by atoms with Crippen LogP contribution in [-0.4, -0.2) is 28.5 Å². The van der Waals surface area contributed by atoms with Crippen LogP contribution in [0.15, 0.2) is 59.4 Å². The number of nitriles is 1. The minimum absolute atomic E-state index is 0.0231. The van der Waals surface area contributed by atoms with Crippen LogP contribution in [0.25, 0.3) is 17.3 Å². The molecule has 150 valence electrons. The van der Waals surface area contributed by atoms with E-state index in [4.69, 9.17) is 0 Å². The zero-order chi connectivity index (χ0) is 21.1. The first kappa shape index (κ1) is 19.9. The molecule has 0 aliphatic carbocycles. The molecule has 4 rings (SSSR count). The molecule has 30 heavy (non-hydrogen) atoms. The second-order valence-corrected chi connectivity index (χ2v) is 8.27. The predicted molar refractivity (Wildman–Crippen MR) is 119 cm³/mol. The summed E-state index contributed by atoms with van der Waals surface area (Å²) < 4.78 is 2.39. The number of benzene rings is 2. The van der Waals surface area contributed by atoms with Crippen LogP contribution in [0, 0.1) is 18.3 Å². The minimum Gasteiger partial charge on any atom is -0.338 e. The van der Waals surface area contributed by atoms with E-state index in [0.717, 1.165) is 24.0 Å². The van der Waals surface area contributed by atoms with Crippen molar-refractivity contribution in [2.75, 3.05) is 13.1 Å². The molecular formula is C24H21N3O2S. The number of rotatable bonds is 3. The van der Waals surface area contributed by atoms with Crippen LogP contribution in [-0.2, 0) is 4.79 Å². The first-order valence-electron chi connectivity index (χ1n) is 9.88. The molecule has 1 amide bonds. The number of nitrogens with zero attached hydrogens (tertiary/aromatic N) is 3. The average Bonchev–Trinajstić information content (AvgIpc) is 3.40. The summed E-state index contributed by atoms with van der Waals surface area (Å²) in [7, 11) is 0. The van der Waals surface area contributed by atoms with Gasteiger partial charge in [0.05, 0.1) is 10.2 Å². The van der Waals surface area contributed by atoms with Gasteiger partial charge in [0.15, 0.2) is 5.57 Å². The smallest absolute Gasteiger partial charge is 0.273 e. The first-order valence-corrected chi connectivity index (χ1v) is 10.7. The van der Waals surface area contributed by atoms with Crippen molar-refractivity contribution in [1.82, 2.24) is 9.47 Å². The highest BCUT2D eigenvalue weighted by Crippen LogP contribution is 2.13. The van der Waals surface area contributed by atoms with Crippen molar-refractivity contribution in [2.45, 2.75) is 19.8 Å². The van der Waals surface area contributed by atoms with Gasteiger partial charge in [-0.15, -0.1) is 11.3 Å². The van der Waals surface area contributed by atoms with Crippen molar-refractivity contribution < 1.29 is 4.79 Å². The molecule has 2 heterocycles. The second kappa shape index (κ2) is 8.52. The molecule has 5 nitrogen and oxygen atoms in total. The van der Waals surface area contributed by atoms with Crippen LogP contribution in [0.5, 0.6) is 0 Å². The Hall–Kier alpha value is -3.43. The van der Waals surface area contributed by atoms with Crippen molar-refractivity contribution in [3.05, 3.63) is 85.3 Å². The van der Waals surface area contributed by atoms with Crippen LogP contribution in [0.4, 0.5) is 0 Å². The highest BCUT2D eigenvalue weighted by Gasteiger charge is 2.24. The lowest BCUT2D eigenvalue weighted by molar-refractivity contribution is -0.123. The number of hydrogen-bond donors (Lipinski definition) is 0. The Balaban J connectivity index is 2.04. The number of amides is 1. The molecule has 3 aromatic rings. The van der Waals surface area contributed by atoms with Crippen molar-refractivity contribution in [1.29, 1.82) is 5.26 Å². The quantitative estimate of drug-likeness (QED) is 0.660. The Morgan fingerprint density at radius 3 is 2.40 bits per heavy atom. The molecule has 1 aromatic heterocycles. The molecule has 0 unspecified atom stereocenters. The van der Waals surface area contributed by atoms with Gasteiger partial charge in [0.1, 0.15) is 10.7 Å². The van der Waals surface area contributed by atoms with E-state index in [9.17, 15) is 14.9 Å². The fourth-order valence-corrected chi connectivity index (χ4v) is 4.74. The van der Waals surface area contributed by atoms with Gasteiger partial charge in [-0.2, -0.15) is 5.26 Å². The lowest BCUT2D eigenvalue weighted by Crippen LogP contribution is -2.35. The Morgan fingerprint density at radius 1 is 1.07 bits per heavy atom. The van der Waals surface area contributed by atoms with Gasteiger partial charge in [0.2, 0.25) is 0 Å². The summed E-state index contributed by atoms with van der Waals surface area (Å²) in [4.78, 5) is 28.2. The molecule has 0 bridgehead atoms. The summed E-state index contributed by atoms with van der Waals surface area (Å²) in [6, 6.07) is 19.2. The van der Waals surface area contributed by atoms with Crippen molar-refractivity contribution in [2.24, 2.45) is 0 Å². The van der Waals surface area contributed by atoms with Crippen LogP contribution in [0.3, 0.4) is 0 Å². The van der Waals surface area contributed by atoms with Crippen molar-refractivity contribution in [3.8, 4) is 11.8 Å². The van der Waals surface area contributed by atoms with Gasteiger partial charge in [-0.3, -0.25) is 14.2 Å². The Morgan fingerprint density at radius 2 is 1.73 bits per heavy atom. The lowest BCUT2D eigenvalue weighted by Gasteiger charge is -2.14. The van der Waals surface area contributed by atoms with E-state index in [2.05, 4.69) is 6.07 Å². The summed E-state index contributed by atoms with van der Waals surface area (Å²) in [6.45, 7) is 3.21. The van der Waals surface area contributed by atoms with E-state index in [0.29, 0.717) is 28.0 Å². The molecule has 0 atom stereocenters. The normalized spacial score (nSPS) is 15.2.